The van der Waals surface area contributed by atoms with Crippen molar-refractivity contribution in [2.24, 2.45) is 0 Å². The summed E-state index contributed by atoms with van der Waals surface area (Å²) in [7, 11) is 1.71. The fourth-order valence-corrected chi connectivity index (χ4v) is 3.89. The fourth-order valence-electron chi connectivity index (χ4n) is 3.89. The number of nitrogens with one attached hydrogen (secondary N) is 1. The molecule has 0 spiro atoms. The Bertz CT molecular complexity index is 881. The van der Waals surface area contributed by atoms with Gasteiger partial charge in [-0.1, -0.05) is 42.5 Å². The molecule has 0 saturated carbocycles. The predicted molar refractivity (Wildman–Crippen MR) is 112 cm³/mol. The zero-order chi connectivity index (χ0) is 19.3. The van der Waals surface area contributed by atoms with Gasteiger partial charge in [-0.25, -0.2) is 0 Å². The van der Waals surface area contributed by atoms with E-state index in [4.69, 9.17) is 4.74 Å². The Morgan fingerprint density at radius 1 is 0.893 bits per heavy atom. The molecule has 4 rings (SSSR count). The van der Waals surface area contributed by atoms with Crippen molar-refractivity contribution in [3.05, 3.63) is 71.5 Å². The minimum atomic E-state index is 0.894. The zero-order valence-corrected chi connectivity index (χ0v) is 16.7. The lowest BCUT2D eigenvalue weighted by molar-refractivity contribution is 0.121. The average molecular weight is 377 g/mol. The number of hydrogen-bond acceptors (Lipinski definition) is 4. The molecule has 1 saturated heterocycles. The Hall–Kier alpha value is -2.63. The van der Waals surface area contributed by atoms with Crippen molar-refractivity contribution in [3.8, 4) is 16.9 Å². The van der Waals surface area contributed by atoms with Crippen molar-refractivity contribution in [3.63, 3.8) is 0 Å². The smallest absolute Gasteiger partial charge is 0.118 e. The van der Waals surface area contributed by atoms with Crippen molar-refractivity contribution in [2.45, 2.75) is 20.0 Å². The molecule has 1 fully saturated rings. The van der Waals surface area contributed by atoms with E-state index in [0.717, 1.165) is 56.4 Å². The molecular formula is C23H28N4O. The maximum absolute atomic E-state index is 5.24. The first kappa shape index (κ1) is 18.7. The predicted octanol–water partition coefficient (Wildman–Crippen LogP) is 3.71. The topological polar surface area (TPSA) is 44.4 Å². The van der Waals surface area contributed by atoms with Crippen LogP contribution in [0.15, 0.2) is 54.6 Å². The van der Waals surface area contributed by atoms with Crippen molar-refractivity contribution in [1.82, 2.24) is 20.0 Å². The number of aromatic amines is 1. The Morgan fingerprint density at radius 2 is 1.54 bits per heavy atom. The standard InChI is InChI=1S/C23H28N4O/c1-18-23(20-6-4-3-5-7-20)22(25-24-18)17-27-14-12-26(13-15-27)16-19-8-10-21(28-2)11-9-19/h3-11H,12-17H2,1-2H3,(H,24,25). The molecule has 0 unspecified atom stereocenters. The van der Waals surface area contributed by atoms with Crippen LogP contribution in [0.3, 0.4) is 0 Å². The first-order valence-corrected chi connectivity index (χ1v) is 9.90. The van der Waals surface area contributed by atoms with E-state index < -0.39 is 0 Å². The lowest BCUT2D eigenvalue weighted by atomic mass is 10.0. The minimum Gasteiger partial charge on any atom is -0.497 e. The number of H-pyrrole nitrogens is 1. The summed E-state index contributed by atoms with van der Waals surface area (Å²) < 4.78 is 5.24. The zero-order valence-electron chi connectivity index (χ0n) is 16.7. The number of nitrogens with zero attached hydrogens (tertiary/aromatic N) is 3. The van der Waals surface area contributed by atoms with E-state index in [0.29, 0.717) is 0 Å². The maximum Gasteiger partial charge on any atom is 0.118 e. The first-order valence-electron chi connectivity index (χ1n) is 9.90. The van der Waals surface area contributed by atoms with E-state index in [1.807, 2.05) is 12.1 Å². The highest BCUT2D eigenvalue weighted by atomic mass is 16.5. The molecule has 5 heteroatoms. The van der Waals surface area contributed by atoms with E-state index >= 15 is 0 Å². The number of methoxy groups -OCH3 is 1. The lowest BCUT2D eigenvalue weighted by Gasteiger charge is -2.34. The number of benzene rings is 2. The molecule has 0 bridgehead atoms. The van der Waals surface area contributed by atoms with Crippen molar-refractivity contribution >= 4 is 0 Å². The summed E-state index contributed by atoms with van der Waals surface area (Å²) in [6.07, 6.45) is 0. The molecular weight excluding hydrogens is 348 g/mol. The van der Waals surface area contributed by atoms with Crippen LogP contribution in [0.4, 0.5) is 0 Å². The molecule has 146 valence electrons. The van der Waals surface area contributed by atoms with Crippen molar-refractivity contribution < 1.29 is 4.74 Å². The van der Waals surface area contributed by atoms with Gasteiger partial charge in [-0.3, -0.25) is 14.9 Å². The van der Waals surface area contributed by atoms with Gasteiger partial charge < -0.3 is 4.74 Å². The molecule has 1 aliphatic rings. The molecule has 1 N–H and O–H groups in total. The largest absolute Gasteiger partial charge is 0.497 e. The van der Waals surface area contributed by atoms with Crippen LogP contribution in [0, 0.1) is 6.92 Å². The Morgan fingerprint density at radius 3 is 2.18 bits per heavy atom. The monoisotopic (exact) mass is 376 g/mol. The number of aryl methyl sites for hydroxylation is 1. The van der Waals surface area contributed by atoms with Crippen molar-refractivity contribution in [2.75, 3.05) is 33.3 Å². The summed E-state index contributed by atoms with van der Waals surface area (Å²) in [4.78, 5) is 5.03. The number of piperazine rings is 1. The van der Waals surface area contributed by atoms with Gasteiger partial charge in [0.25, 0.3) is 0 Å². The second-order valence-electron chi connectivity index (χ2n) is 7.44. The molecule has 0 amide bonds. The highest BCUT2D eigenvalue weighted by Gasteiger charge is 2.20. The van der Waals surface area contributed by atoms with Gasteiger partial charge in [-0.15, -0.1) is 0 Å². The highest BCUT2D eigenvalue weighted by Crippen LogP contribution is 2.26. The van der Waals surface area contributed by atoms with Gasteiger partial charge in [0.15, 0.2) is 0 Å². The van der Waals surface area contributed by atoms with Crippen LogP contribution in [0.1, 0.15) is 17.0 Å². The Labute approximate surface area is 166 Å². The molecule has 1 aliphatic heterocycles. The molecule has 5 nitrogen and oxygen atoms in total. The number of aromatic nitrogens is 2. The van der Waals surface area contributed by atoms with Gasteiger partial charge in [0.05, 0.1) is 12.8 Å². The molecule has 0 aliphatic carbocycles. The van der Waals surface area contributed by atoms with Crippen molar-refractivity contribution in [1.29, 1.82) is 0 Å². The van der Waals surface area contributed by atoms with Crippen LogP contribution in [0.5, 0.6) is 5.75 Å². The van der Waals surface area contributed by atoms with Crippen LogP contribution in [0.25, 0.3) is 11.1 Å². The second kappa shape index (κ2) is 8.59. The van der Waals surface area contributed by atoms with Crippen LogP contribution >= 0.6 is 0 Å². The summed E-state index contributed by atoms with van der Waals surface area (Å²) >= 11 is 0. The number of rotatable bonds is 6. The molecule has 1 aromatic heterocycles. The summed E-state index contributed by atoms with van der Waals surface area (Å²) in [6, 6.07) is 18.9. The molecule has 0 radical (unpaired) electrons. The van der Waals surface area contributed by atoms with Crippen LogP contribution in [0.2, 0.25) is 0 Å². The third kappa shape index (κ3) is 4.26. The summed E-state index contributed by atoms with van der Waals surface area (Å²) in [5.74, 6) is 0.914. The lowest BCUT2D eigenvalue weighted by Crippen LogP contribution is -2.45. The van der Waals surface area contributed by atoms with E-state index in [1.54, 1.807) is 7.11 Å². The molecule has 0 atom stereocenters. The maximum atomic E-state index is 5.24. The number of hydrogen-bond donors (Lipinski definition) is 1. The van der Waals surface area contributed by atoms with E-state index in [2.05, 4.69) is 69.4 Å². The van der Waals surface area contributed by atoms with E-state index in [-0.39, 0.29) is 0 Å². The highest BCUT2D eigenvalue weighted by molar-refractivity contribution is 5.68. The molecule has 2 heterocycles. The summed E-state index contributed by atoms with van der Waals surface area (Å²) in [6.45, 7) is 8.28. The Balaban J connectivity index is 1.35. The van der Waals surface area contributed by atoms with Gasteiger partial charge in [0.1, 0.15) is 5.75 Å². The first-order chi connectivity index (χ1) is 13.7. The van der Waals surface area contributed by atoms with Gasteiger partial charge in [0, 0.05) is 50.5 Å². The SMILES string of the molecule is COc1ccc(CN2CCN(Cc3n[nH]c(C)c3-c3ccccc3)CC2)cc1. The molecule has 28 heavy (non-hydrogen) atoms. The molecule has 3 aromatic rings. The fraction of sp³-hybridized carbons (Fsp3) is 0.348. The summed E-state index contributed by atoms with van der Waals surface area (Å²) in [5, 5.41) is 7.78. The Kier molecular flexibility index (Phi) is 5.74. The van der Waals surface area contributed by atoms with Gasteiger partial charge in [-0.05, 0) is 30.2 Å². The average Bonchev–Trinajstić information content (AvgIpc) is 3.10. The van der Waals surface area contributed by atoms with Gasteiger partial charge in [-0.2, -0.15) is 5.10 Å². The van der Waals surface area contributed by atoms with E-state index in [9.17, 15) is 0 Å². The third-order valence-electron chi connectivity index (χ3n) is 5.49. The minimum absolute atomic E-state index is 0.894. The van der Waals surface area contributed by atoms with Crippen LogP contribution in [-0.2, 0) is 13.1 Å². The quantitative estimate of drug-likeness (QED) is 0.712. The van der Waals surface area contributed by atoms with Crippen LogP contribution < -0.4 is 4.74 Å². The van der Waals surface area contributed by atoms with Crippen LogP contribution in [-0.4, -0.2) is 53.3 Å². The third-order valence-corrected chi connectivity index (χ3v) is 5.49. The van der Waals surface area contributed by atoms with E-state index in [1.165, 1.54) is 16.7 Å². The van der Waals surface area contributed by atoms with Gasteiger partial charge >= 0.3 is 0 Å². The normalized spacial score (nSPS) is 15.6. The second-order valence-corrected chi connectivity index (χ2v) is 7.44. The summed E-state index contributed by atoms with van der Waals surface area (Å²) in [5.41, 5.74) is 6.11. The molecule has 2 aromatic carbocycles. The van der Waals surface area contributed by atoms with Gasteiger partial charge in [0.2, 0.25) is 0 Å². The number of ether oxygens (including phenoxy) is 1.